The van der Waals surface area contributed by atoms with Gasteiger partial charge in [0.1, 0.15) is 0 Å². The van der Waals surface area contributed by atoms with Crippen molar-refractivity contribution in [2.75, 3.05) is 11.8 Å². The van der Waals surface area contributed by atoms with Crippen LogP contribution in [0.15, 0.2) is 53.4 Å². The van der Waals surface area contributed by atoms with Crippen LogP contribution in [-0.2, 0) is 14.8 Å². The van der Waals surface area contributed by atoms with Crippen molar-refractivity contribution in [3.05, 3.63) is 59.9 Å². The Morgan fingerprint density at radius 3 is 2.38 bits per heavy atom. The maximum Gasteiger partial charge on any atom is 0.340 e. The molecule has 0 aromatic heterocycles. The predicted molar refractivity (Wildman–Crippen MR) is 75.0 cm³/mol. The van der Waals surface area contributed by atoms with E-state index in [2.05, 4.69) is 9.46 Å². The summed E-state index contributed by atoms with van der Waals surface area (Å²) in [5.74, 6) is -1.86. The number of carbonyl (C=O) groups excluding carboxylic acids is 1. The van der Waals surface area contributed by atoms with E-state index in [4.69, 9.17) is 0 Å². The van der Waals surface area contributed by atoms with Gasteiger partial charge in [0.15, 0.2) is 5.82 Å². The molecule has 0 radical (unpaired) electrons. The van der Waals surface area contributed by atoms with E-state index in [1.165, 1.54) is 30.3 Å². The molecule has 0 amide bonds. The van der Waals surface area contributed by atoms with Crippen LogP contribution in [0, 0.1) is 5.82 Å². The quantitative estimate of drug-likeness (QED) is 0.880. The van der Waals surface area contributed by atoms with Gasteiger partial charge in [-0.05, 0) is 24.3 Å². The van der Waals surface area contributed by atoms with Crippen LogP contribution in [0.5, 0.6) is 0 Å². The minimum atomic E-state index is -3.93. The van der Waals surface area contributed by atoms with E-state index in [-0.39, 0.29) is 16.1 Å². The molecule has 0 bridgehead atoms. The van der Waals surface area contributed by atoms with Crippen molar-refractivity contribution in [2.45, 2.75) is 4.90 Å². The largest absolute Gasteiger partial charge is 0.465 e. The second kappa shape index (κ2) is 5.92. The molecular weight excluding hydrogens is 297 g/mol. The van der Waals surface area contributed by atoms with Gasteiger partial charge in [-0.2, -0.15) is 0 Å². The van der Waals surface area contributed by atoms with Gasteiger partial charge in [-0.15, -0.1) is 0 Å². The van der Waals surface area contributed by atoms with Crippen LogP contribution in [0.1, 0.15) is 10.4 Å². The maximum absolute atomic E-state index is 14.1. The average molecular weight is 309 g/mol. The lowest BCUT2D eigenvalue weighted by Crippen LogP contribution is -2.15. The van der Waals surface area contributed by atoms with Crippen molar-refractivity contribution in [2.24, 2.45) is 0 Å². The number of esters is 1. The normalized spacial score (nSPS) is 11.0. The number of methoxy groups -OCH3 is 1. The van der Waals surface area contributed by atoms with Gasteiger partial charge in [0.2, 0.25) is 0 Å². The standard InChI is InChI=1S/C14H12FNO4S/c1-20-14(17)11-8-5-9-12(13(11)15)16-21(18,19)10-6-3-2-4-7-10/h2-9,16H,1H3. The van der Waals surface area contributed by atoms with E-state index in [1.54, 1.807) is 18.2 Å². The molecule has 1 N–H and O–H groups in total. The Morgan fingerprint density at radius 2 is 1.76 bits per heavy atom. The third-order valence-corrected chi connectivity index (χ3v) is 4.08. The molecule has 5 nitrogen and oxygen atoms in total. The highest BCUT2D eigenvalue weighted by atomic mass is 32.2. The monoisotopic (exact) mass is 309 g/mol. The minimum Gasteiger partial charge on any atom is -0.465 e. The molecule has 0 saturated carbocycles. The number of anilines is 1. The summed E-state index contributed by atoms with van der Waals surface area (Å²) in [5.41, 5.74) is -0.660. The number of sulfonamides is 1. The van der Waals surface area contributed by atoms with Gasteiger partial charge in [-0.1, -0.05) is 24.3 Å². The summed E-state index contributed by atoms with van der Waals surface area (Å²) < 4.78 is 44.9. The molecule has 21 heavy (non-hydrogen) atoms. The molecule has 2 aromatic rings. The lowest BCUT2D eigenvalue weighted by atomic mass is 10.2. The summed E-state index contributed by atoms with van der Waals surface area (Å²) in [6, 6.07) is 11.3. The molecule has 0 atom stereocenters. The summed E-state index contributed by atoms with van der Waals surface area (Å²) in [6.45, 7) is 0. The van der Waals surface area contributed by atoms with Crippen LogP contribution in [-0.4, -0.2) is 21.5 Å². The molecule has 110 valence electrons. The Labute approximate surface area is 121 Å². The van der Waals surface area contributed by atoms with Gasteiger partial charge in [0.25, 0.3) is 10.0 Å². The Morgan fingerprint density at radius 1 is 1.10 bits per heavy atom. The predicted octanol–water partition coefficient (Wildman–Crippen LogP) is 2.41. The van der Waals surface area contributed by atoms with Crippen LogP contribution in [0.25, 0.3) is 0 Å². The lowest BCUT2D eigenvalue weighted by Gasteiger charge is -2.10. The first-order valence-electron chi connectivity index (χ1n) is 5.90. The van der Waals surface area contributed by atoms with E-state index in [1.807, 2.05) is 0 Å². The van der Waals surface area contributed by atoms with E-state index in [0.29, 0.717) is 0 Å². The maximum atomic E-state index is 14.1. The first-order chi connectivity index (χ1) is 9.95. The van der Waals surface area contributed by atoms with Crippen LogP contribution >= 0.6 is 0 Å². The van der Waals surface area contributed by atoms with Crippen molar-refractivity contribution in [3.63, 3.8) is 0 Å². The van der Waals surface area contributed by atoms with Gasteiger partial charge in [0, 0.05) is 0 Å². The van der Waals surface area contributed by atoms with Crippen molar-refractivity contribution >= 4 is 21.7 Å². The topological polar surface area (TPSA) is 72.5 Å². The number of rotatable bonds is 4. The first kappa shape index (κ1) is 15.0. The number of hydrogen-bond acceptors (Lipinski definition) is 4. The number of nitrogens with one attached hydrogen (secondary N) is 1. The fourth-order valence-electron chi connectivity index (χ4n) is 1.68. The average Bonchev–Trinajstić information content (AvgIpc) is 2.49. The molecule has 0 aliphatic heterocycles. The highest BCUT2D eigenvalue weighted by molar-refractivity contribution is 7.92. The zero-order valence-corrected chi connectivity index (χ0v) is 11.9. The van der Waals surface area contributed by atoms with Gasteiger partial charge in [-0.25, -0.2) is 17.6 Å². The number of benzene rings is 2. The Balaban J connectivity index is 2.39. The zero-order valence-electron chi connectivity index (χ0n) is 11.0. The van der Waals surface area contributed by atoms with Gasteiger partial charge in [0.05, 0.1) is 23.3 Å². The summed E-state index contributed by atoms with van der Waals surface area (Å²) in [4.78, 5) is 11.4. The second-order valence-electron chi connectivity index (χ2n) is 4.08. The summed E-state index contributed by atoms with van der Waals surface area (Å²) >= 11 is 0. The fraction of sp³-hybridized carbons (Fsp3) is 0.0714. The molecule has 0 heterocycles. The smallest absolute Gasteiger partial charge is 0.340 e. The summed E-state index contributed by atoms with van der Waals surface area (Å²) in [7, 11) is -2.81. The van der Waals surface area contributed by atoms with Crippen LogP contribution in [0.4, 0.5) is 10.1 Å². The van der Waals surface area contributed by atoms with Crippen LogP contribution < -0.4 is 4.72 Å². The molecule has 2 aromatic carbocycles. The zero-order chi connectivity index (χ0) is 15.5. The third kappa shape index (κ3) is 3.19. The Hall–Kier alpha value is -2.41. The minimum absolute atomic E-state index is 0.00660. The fourth-order valence-corrected chi connectivity index (χ4v) is 2.76. The van der Waals surface area contributed by atoms with E-state index < -0.39 is 21.8 Å². The van der Waals surface area contributed by atoms with E-state index >= 15 is 0 Å². The van der Waals surface area contributed by atoms with E-state index in [0.717, 1.165) is 7.11 Å². The SMILES string of the molecule is COC(=O)c1cccc(NS(=O)(=O)c2ccccc2)c1F. The first-order valence-corrected chi connectivity index (χ1v) is 7.38. The highest BCUT2D eigenvalue weighted by Gasteiger charge is 2.20. The van der Waals surface area contributed by atoms with Gasteiger partial charge < -0.3 is 4.74 Å². The number of ether oxygens (including phenoxy) is 1. The van der Waals surface area contributed by atoms with Crippen molar-refractivity contribution in [1.29, 1.82) is 0 Å². The Kier molecular flexibility index (Phi) is 4.23. The van der Waals surface area contributed by atoms with Gasteiger partial charge in [-0.3, -0.25) is 4.72 Å². The lowest BCUT2D eigenvalue weighted by molar-refractivity contribution is 0.0595. The molecule has 0 fully saturated rings. The third-order valence-electron chi connectivity index (χ3n) is 2.70. The summed E-state index contributed by atoms with van der Waals surface area (Å²) in [5, 5.41) is 0. The van der Waals surface area contributed by atoms with Crippen LogP contribution in [0.2, 0.25) is 0 Å². The van der Waals surface area contributed by atoms with Crippen molar-refractivity contribution in [3.8, 4) is 0 Å². The molecule has 0 saturated heterocycles. The van der Waals surface area contributed by atoms with E-state index in [9.17, 15) is 17.6 Å². The molecule has 0 spiro atoms. The van der Waals surface area contributed by atoms with Gasteiger partial charge >= 0.3 is 5.97 Å². The molecule has 0 unspecified atom stereocenters. The second-order valence-corrected chi connectivity index (χ2v) is 5.76. The molecular formula is C14H12FNO4S. The Bertz CT molecular complexity index is 760. The number of carbonyl (C=O) groups is 1. The number of hydrogen-bond donors (Lipinski definition) is 1. The molecule has 7 heteroatoms. The highest BCUT2D eigenvalue weighted by Crippen LogP contribution is 2.22. The molecule has 2 rings (SSSR count). The molecule has 0 aliphatic rings. The van der Waals surface area contributed by atoms with Crippen LogP contribution in [0.3, 0.4) is 0 Å². The summed E-state index contributed by atoms with van der Waals surface area (Å²) in [6.07, 6.45) is 0. The molecule has 0 aliphatic carbocycles. The van der Waals surface area contributed by atoms with Crippen molar-refractivity contribution in [1.82, 2.24) is 0 Å². The number of halogens is 1. The van der Waals surface area contributed by atoms with Crippen molar-refractivity contribution < 1.29 is 22.3 Å².